The lowest BCUT2D eigenvalue weighted by atomic mass is 10.2. The highest BCUT2D eigenvalue weighted by atomic mass is 32.1. The zero-order valence-electron chi connectivity index (χ0n) is 8.81. The molecule has 0 radical (unpaired) electrons. The molecule has 2 atom stereocenters. The Morgan fingerprint density at radius 3 is 2.87 bits per heavy atom. The predicted molar refractivity (Wildman–Crippen MR) is 60.8 cm³/mol. The van der Waals surface area contributed by atoms with Gasteiger partial charge in [0.2, 0.25) is 0 Å². The summed E-state index contributed by atoms with van der Waals surface area (Å²) in [6.45, 7) is 4.20. The second-order valence-electron chi connectivity index (χ2n) is 3.50. The van der Waals surface area contributed by atoms with Crippen molar-refractivity contribution in [3.63, 3.8) is 0 Å². The number of rotatable bonds is 4. The molecule has 2 unspecified atom stereocenters. The first-order valence-corrected chi connectivity index (χ1v) is 5.84. The first-order chi connectivity index (χ1) is 7.27. The van der Waals surface area contributed by atoms with Crippen LogP contribution < -0.4 is 5.32 Å². The second kappa shape index (κ2) is 4.59. The number of aromatic nitrogens is 1. The van der Waals surface area contributed by atoms with E-state index in [0.29, 0.717) is 0 Å². The maximum absolute atomic E-state index is 5.33. The molecule has 2 aromatic rings. The second-order valence-corrected chi connectivity index (χ2v) is 4.42. The van der Waals surface area contributed by atoms with Gasteiger partial charge in [0.1, 0.15) is 10.8 Å². The minimum atomic E-state index is 0.207. The molecule has 80 valence electrons. The Hall–Kier alpha value is -1.13. The van der Waals surface area contributed by atoms with Gasteiger partial charge in [-0.25, -0.2) is 4.98 Å². The molecular weight excluding hydrogens is 208 g/mol. The van der Waals surface area contributed by atoms with Gasteiger partial charge in [-0.1, -0.05) is 0 Å². The molecule has 0 aliphatic carbocycles. The highest BCUT2D eigenvalue weighted by Gasteiger charge is 2.14. The molecule has 4 heteroatoms. The van der Waals surface area contributed by atoms with Gasteiger partial charge in [0, 0.05) is 11.6 Å². The van der Waals surface area contributed by atoms with Crippen molar-refractivity contribution in [1.29, 1.82) is 0 Å². The summed E-state index contributed by atoms with van der Waals surface area (Å²) in [6.07, 6.45) is 3.53. The van der Waals surface area contributed by atoms with Crippen molar-refractivity contribution >= 4 is 11.3 Å². The van der Waals surface area contributed by atoms with Gasteiger partial charge in [-0.3, -0.25) is 5.32 Å². The number of hydrogen-bond acceptors (Lipinski definition) is 4. The molecule has 2 aromatic heterocycles. The maximum Gasteiger partial charge on any atom is 0.120 e. The summed E-state index contributed by atoms with van der Waals surface area (Å²) in [5, 5.41) is 6.53. The average Bonchev–Trinajstić information content (AvgIpc) is 2.91. The first kappa shape index (κ1) is 10.4. The van der Waals surface area contributed by atoms with Crippen LogP contribution in [0.25, 0.3) is 0 Å². The van der Waals surface area contributed by atoms with Crippen molar-refractivity contribution in [2.75, 3.05) is 0 Å². The van der Waals surface area contributed by atoms with Crippen LogP contribution in [0.5, 0.6) is 0 Å². The van der Waals surface area contributed by atoms with Crippen LogP contribution in [0.15, 0.2) is 34.4 Å². The van der Waals surface area contributed by atoms with Crippen molar-refractivity contribution in [3.05, 3.63) is 40.7 Å². The predicted octanol–water partition coefficient (Wildman–Crippen LogP) is 3.15. The lowest BCUT2D eigenvalue weighted by Gasteiger charge is -2.16. The summed E-state index contributed by atoms with van der Waals surface area (Å²) in [5.74, 6) is 0.957. The maximum atomic E-state index is 5.33. The van der Waals surface area contributed by atoms with E-state index >= 15 is 0 Å². The van der Waals surface area contributed by atoms with Crippen molar-refractivity contribution < 1.29 is 4.42 Å². The smallest absolute Gasteiger partial charge is 0.120 e. The fraction of sp³-hybridized carbons (Fsp3) is 0.364. The Balaban J connectivity index is 1.98. The Bertz CT molecular complexity index is 344. The molecular formula is C11H14N2OS. The molecule has 0 amide bonds. The van der Waals surface area contributed by atoms with Crippen molar-refractivity contribution in [2.45, 2.75) is 25.9 Å². The zero-order chi connectivity index (χ0) is 10.7. The molecule has 0 spiro atoms. The molecule has 15 heavy (non-hydrogen) atoms. The van der Waals surface area contributed by atoms with Crippen LogP contribution in [0.3, 0.4) is 0 Å². The Morgan fingerprint density at radius 1 is 1.40 bits per heavy atom. The molecule has 0 saturated heterocycles. The van der Waals surface area contributed by atoms with E-state index in [9.17, 15) is 0 Å². The summed E-state index contributed by atoms with van der Waals surface area (Å²) < 4.78 is 5.33. The van der Waals surface area contributed by atoms with Crippen molar-refractivity contribution in [2.24, 2.45) is 0 Å². The van der Waals surface area contributed by atoms with E-state index in [2.05, 4.69) is 24.1 Å². The summed E-state index contributed by atoms with van der Waals surface area (Å²) in [4.78, 5) is 4.28. The molecule has 2 heterocycles. The molecule has 0 aromatic carbocycles. The van der Waals surface area contributed by atoms with Gasteiger partial charge in [-0.05, 0) is 26.0 Å². The van der Waals surface area contributed by atoms with Crippen LogP contribution in [0, 0.1) is 0 Å². The normalized spacial score (nSPS) is 15.1. The Kier molecular flexibility index (Phi) is 3.18. The third-order valence-corrected chi connectivity index (χ3v) is 3.25. The van der Waals surface area contributed by atoms with E-state index in [1.165, 1.54) is 0 Å². The lowest BCUT2D eigenvalue weighted by molar-refractivity contribution is 0.402. The minimum absolute atomic E-state index is 0.207. The highest BCUT2D eigenvalue weighted by Crippen LogP contribution is 2.20. The molecule has 0 aliphatic rings. The number of nitrogens with zero attached hydrogens (tertiary/aromatic N) is 1. The van der Waals surface area contributed by atoms with Crippen LogP contribution in [0.1, 0.15) is 36.7 Å². The van der Waals surface area contributed by atoms with Crippen LogP contribution >= 0.6 is 11.3 Å². The van der Waals surface area contributed by atoms with Gasteiger partial charge in [-0.2, -0.15) is 0 Å². The fourth-order valence-electron chi connectivity index (χ4n) is 1.51. The van der Waals surface area contributed by atoms with Gasteiger partial charge in [0.15, 0.2) is 0 Å². The van der Waals surface area contributed by atoms with Gasteiger partial charge < -0.3 is 4.42 Å². The van der Waals surface area contributed by atoms with Crippen LogP contribution in [-0.4, -0.2) is 4.98 Å². The van der Waals surface area contributed by atoms with Crippen LogP contribution in [0.2, 0.25) is 0 Å². The van der Waals surface area contributed by atoms with Crippen LogP contribution in [-0.2, 0) is 0 Å². The molecule has 0 saturated carbocycles. The van der Waals surface area contributed by atoms with E-state index < -0.39 is 0 Å². The average molecular weight is 222 g/mol. The van der Waals surface area contributed by atoms with Crippen molar-refractivity contribution in [1.82, 2.24) is 10.3 Å². The van der Waals surface area contributed by atoms with E-state index in [1.54, 1.807) is 17.6 Å². The number of hydrogen-bond donors (Lipinski definition) is 1. The molecule has 2 rings (SSSR count). The number of furan rings is 1. The quantitative estimate of drug-likeness (QED) is 0.863. The van der Waals surface area contributed by atoms with Gasteiger partial charge >= 0.3 is 0 Å². The first-order valence-electron chi connectivity index (χ1n) is 4.96. The largest absolute Gasteiger partial charge is 0.468 e. The molecule has 0 bridgehead atoms. The summed E-state index contributed by atoms with van der Waals surface area (Å²) >= 11 is 1.67. The summed E-state index contributed by atoms with van der Waals surface area (Å²) in [6, 6.07) is 4.34. The van der Waals surface area contributed by atoms with Crippen LogP contribution in [0.4, 0.5) is 0 Å². The SMILES string of the molecule is CC(NC(C)c1nccs1)c1ccco1. The third kappa shape index (κ3) is 2.46. The zero-order valence-corrected chi connectivity index (χ0v) is 9.62. The molecule has 0 aliphatic heterocycles. The van der Waals surface area contributed by atoms with Gasteiger partial charge in [0.25, 0.3) is 0 Å². The van der Waals surface area contributed by atoms with Crippen molar-refractivity contribution in [3.8, 4) is 0 Å². The number of thiazole rings is 1. The van der Waals surface area contributed by atoms with E-state index in [0.717, 1.165) is 10.8 Å². The third-order valence-electron chi connectivity index (χ3n) is 2.29. The Morgan fingerprint density at radius 2 is 2.27 bits per heavy atom. The van der Waals surface area contributed by atoms with Gasteiger partial charge in [0.05, 0.1) is 18.3 Å². The summed E-state index contributed by atoms with van der Waals surface area (Å²) in [7, 11) is 0. The number of nitrogens with one attached hydrogen (secondary N) is 1. The lowest BCUT2D eigenvalue weighted by Crippen LogP contribution is -2.21. The molecule has 3 nitrogen and oxygen atoms in total. The highest BCUT2D eigenvalue weighted by molar-refractivity contribution is 7.09. The fourth-order valence-corrected chi connectivity index (χ4v) is 2.17. The standard InChI is InChI=1S/C11H14N2OS/c1-8(10-4-3-6-14-10)13-9(2)11-12-5-7-15-11/h3-9,13H,1-2H3. The molecule has 1 N–H and O–H groups in total. The minimum Gasteiger partial charge on any atom is -0.468 e. The van der Waals surface area contributed by atoms with E-state index in [1.807, 2.05) is 23.7 Å². The van der Waals surface area contributed by atoms with Gasteiger partial charge in [-0.15, -0.1) is 11.3 Å². The van der Waals surface area contributed by atoms with E-state index in [-0.39, 0.29) is 12.1 Å². The van der Waals surface area contributed by atoms with E-state index in [4.69, 9.17) is 4.42 Å². The topological polar surface area (TPSA) is 38.1 Å². The monoisotopic (exact) mass is 222 g/mol. The Labute approximate surface area is 93.2 Å². The summed E-state index contributed by atoms with van der Waals surface area (Å²) in [5.41, 5.74) is 0. The molecule has 0 fully saturated rings.